The van der Waals surface area contributed by atoms with E-state index in [1.54, 1.807) is 23.1 Å². The quantitative estimate of drug-likeness (QED) is 0.443. The molecule has 2 rings (SSSR count). The molecule has 0 radical (unpaired) electrons. The van der Waals surface area contributed by atoms with E-state index in [0.717, 1.165) is 18.9 Å². The van der Waals surface area contributed by atoms with Gasteiger partial charge in [-0.05, 0) is 66.1 Å². The Hall–Kier alpha value is -0.330. The van der Waals surface area contributed by atoms with Crippen molar-refractivity contribution < 1.29 is 4.79 Å². The van der Waals surface area contributed by atoms with E-state index in [-0.39, 0.29) is 5.78 Å². The van der Waals surface area contributed by atoms with E-state index in [2.05, 4.69) is 22.6 Å². The van der Waals surface area contributed by atoms with Crippen molar-refractivity contribution in [1.29, 1.82) is 0 Å². The number of aryl methyl sites for hydroxylation is 1. The summed E-state index contributed by atoms with van der Waals surface area (Å²) >= 11 is 5.56. The third-order valence-corrected chi connectivity index (χ3v) is 5.26. The fraction of sp³-hybridized carbons (Fsp3) is 0.154. The molecule has 0 saturated heterocycles. The molecule has 1 aromatic heterocycles. The van der Waals surface area contributed by atoms with E-state index in [4.69, 9.17) is 0 Å². The third kappa shape index (κ3) is 2.92. The van der Waals surface area contributed by atoms with Gasteiger partial charge in [0.15, 0.2) is 5.78 Å². The molecule has 0 aliphatic carbocycles. The van der Waals surface area contributed by atoms with Gasteiger partial charge in [0.2, 0.25) is 0 Å². The average molecular weight is 374 g/mol. The lowest BCUT2D eigenvalue weighted by molar-refractivity contribution is 0.103. The highest BCUT2D eigenvalue weighted by Crippen LogP contribution is 2.31. The van der Waals surface area contributed by atoms with E-state index >= 15 is 0 Å². The summed E-state index contributed by atoms with van der Waals surface area (Å²) in [4.78, 5) is 13.5. The monoisotopic (exact) mass is 374 g/mol. The Bertz CT molecular complexity index is 543. The van der Waals surface area contributed by atoms with Crippen LogP contribution in [0.3, 0.4) is 0 Å². The van der Waals surface area contributed by atoms with Crippen LogP contribution in [0, 0.1) is 10.5 Å². The Morgan fingerprint density at radius 1 is 1.29 bits per heavy atom. The van der Waals surface area contributed by atoms with Gasteiger partial charge >= 0.3 is 0 Å². The molecule has 0 aliphatic heterocycles. The second kappa shape index (κ2) is 5.54. The van der Waals surface area contributed by atoms with Gasteiger partial charge in [0.05, 0.1) is 4.21 Å². The minimum absolute atomic E-state index is 0.120. The lowest BCUT2D eigenvalue weighted by Crippen LogP contribution is -2.00. The first-order valence-electron chi connectivity index (χ1n) is 5.06. The van der Waals surface area contributed by atoms with E-state index in [1.165, 1.54) is 4.88 Å². The van der Waals surface area contributed by atoms with Gasteiger partial charge in [-0.15, -0.1) is 23.1 Å². The lowest BCUT2D eigenvalue weighted by atomic mass is 10.1. The van der Waals surface area contributed by atoms with E-state index in [9.17, 15) is 4.79 Å². The summed E-state index contributed by atoms with van der Waals surface area (Å²) in [6, 6.07) is 9.69. The molecule has 0 N–H and O–H groups in total. The van der Waals surface area contributed by atoms with Gasteiger partial charge < -0.3 is 0 Å². The Morgan fingerprint density at radius 2 is 1.94 bits per heavy atom. The Labute approximate surface area is 123 Å². The molecular formula is C13H11IOS2. The summed E-state index contributed by atoms with van der Waals surface area (Å²) in [5.74, 6) is 0.120. The van der Waals surface area contributed by atoms with Crippen LogP contribution in [-0.2, 0) is 0 Å². The number of halogens is 1. The molecule has 0 saturated carbocycles. The zero-order valence-electron chi connectivity index (χ0n) is 9.49. The number of hydrogen-bond acceptors (Lipinski definition) is 3. The molecule has 0 aliphatic rings. The number of thiophene rings is 1. The third-order valence-electron chi connectivity index (χ3n) is 2.36. The van der Waals surface area contributed by atoms with Gasteiger partial charge in [-0.3, -0.25) is 4.79 Å². The van der Waals surface area contributed by atoms with Crippen molar-refractivity contribution in [2.45, 2.75) is 11.1 Å². The Balaban J connectivity index is 2.39. The largest absolute Gasteiger partial charge is 0.289 e. The SMILES string of the molecule is CSc1sc(C)cc1C(=O)c1ccc(I)cc1. The first-order valence-corrected chi connectivity index (χ1v) is 8.18. The molecule has 1 nitrogen and oxygen atoms in total. The predicted octanol–water partition coefficient (Wildman–Crippen LogP) is 4.61. The van der Waals surface area contributed by atoms with Crippen molar-refractivity contribution in [3.05, 3.63) is 49.9 Å². The summed E-state index contributed by atoms with van der Waals surface area (Å²) in [5.41, 5.74) is 1.60. The number of benzene rings is 1. The molecule has 4 heteroatoms. The highest BCUT2D eigenvalue weighted by molar-refractivity contribution is 14.1. The zero-order chi connectivity index (χ0) is 12.4. The van der Waals surface area contributed by atoms with Crippen molar-refractivity contribution >= 4 is 51.5 Å². The number of thioether (sulfide) groups is 1. The lowest BCUT2D eigenvalue weighted by Gasteiger charge is -2.01. The maximum atomic E-state index is 12.3. The topological polar surface area (TPSA) is 17.1 Å². The van der Waals surface area contributed by atoms with Crippen LogP contribution in [-0.4, -0.2) is 12.0 Å². The van der Waals surface area contributed by atoms with E-state index in [1.807, 2.05) is 43.5 Å². The molecule has 1 heterocycles. The van der Waals surface area contributed by atoms with Crippen molar-refractivity contribution in [1.82, 2.24) is 0 Å². The second-order valence-electron chi connectivity index (χ2n) is 3.60. The maximum Gasteiger partial charge on any atom is 0.195 e. The van der Waals surface area contributed by atoms with Gasteiger partial charge in [0.1, 0.15) is 0 Å². The number of hydrogen-bond donors (Lipinski definition) is 0. The minimum Gasteiger partial charge on any atom is -0.289 e. The van der Waals surface area contributed by atoms with Gasteiger partial charge in [-0.2, -0.15) is 0 Å². The van der Waals surface area contributed by atoms with Gasteiger partial charge in [-0.1, -0.05) is 0 Å². The molecule has 88 valence electrons. The van der Waals surface area contributed by atoms with Crippen LogP contribution in [0.4, 0.5) is 0 Å². The van der Waals surface area contributed by atoms with Crippen LogP contribution in [0.25, 0.3) is 0 Å². The Morgan fingerprint density at radius 3 is 2.53 bits per heavy atom. The summed E-state index contributed by atoms with van der Waals surface area (Å²) in [5, 5.41) is 0. The molecular weight excluding hydrogens is 363 g/mol. The van der Waals surface area contributed by atoms with E-state index in [0.29, 0.717) is 0 Å². The first kappa shape index (κ1) is 13.1. The maximum absolute atomic E-state index is 12.3. The van der Waals surface area contributed by atoms with Crippen LogP contribution in [0.5, 0.6) is 0 Å². The zero-order valence-corrected chi connectivity index (χ0v) is 13.3. The highest BCUT2D eigenvalue weighted by atomic mass is 127. The minimum atomic E-state index is 0.120. The molecule has 2 aromatic rings. The average Bonchev–Trinajstić information content (AvgIpc) is 2.70. The molecule has 1 aromatic carbocycles. The van der Waals surface area contributed by atoms with Gasteiger partial charge in [-0.25, -0.2) is 0 Å². The summed E-state index contributed by atoms with van der Waals surface area (Å²) in [6.45, 7) is 2.04. The summed E-state index contributed by atoms with van der Waals surface area (Å²) < 4.78 is 2.25. The van der Waals surface area contributed by atoms with Crippen molar-refractivity contribution in [2.24, 2.45) is 0 Å². The first-order chi connectivity index (χ1) is 8.11. The normalized spacial score (nSPS) is 10.5. The number of carbonyl (C=O) groups is 1. The second-order valence-corrected chi connectivity index (χ2v) is 7.18. The predicted molar refractivity (Wildman–Crippen MR) is 83.4 cm³/mol. The molecule has 0 fully saturated rings. The van der Waals surface area contributed by atoms with Crippen LogP contribution >= 0.6 is 45.7 Å². The Kier molecular flexibility index (Phi) is 4.27. The molecule has 0 atom stereocenters. The fourth-order valence-electron chi connectivity index (χ4n) is 1.56. The standard InChI is InChI=1S/C13H11IOS2/c1-8-7-11(13(16-2)17-8)12(15)9-3-5-10(14)6-4-9/h3-7H,1-2H3. The molecule has 0 bridgehead atoms. The van der Waals surface area contributed by atoms with Gasteiger partial charge in [0, 0.05) is 19.6 Å². The summed E-state index contributed by atoms with van der Waals surface area (Å²) in [7, 11) is 0. The smallest absolute Gasteiger partial charge is 0.195 e. The fourth-order valence-corrected chi connectivity index (χ4v) is 3.75. The molecule has 17 heavy (non-hydrogen) atoms. The highest BCUT2D eigenvalue weighted by Gasteiger charge is 2.15. The number of rotatable bonds is 3. The number of carbonyl (C=O) groups excluding carboxylic acids is 1. The molecule has 0 unspecified atom stereocenters. The van der Waals surface area contributed by atoms with Gasteiger partial charge in [0.25, 0.3) is 0 Å². The van der Waals surface area contributed by atoms with Crippen molar-refractivity contribution in [3.8, 4) is 0 Å². The van der Waals surface area contributed by atoms with Crippen LogP contribution in [0.2, 0.25) is 0 Å². The number of ketones is 1. The van der Waals surface area contributed by atoms with Crippen LogP contribution < -0.4 is 0 Å². The van der Waals surface area contributed by atoms with Crippen molar-refractivity contribution in [2.75, 3.05) is 6.26 Å². The molecule has 0 spiro atoms. The summed E-state index contributed by atoms with van der Waals surface area (Å²) in [6.07, 6.45) is 2.01. The molecule has 0 amide bonds. The van der Waals surface area contributed by atoms with Crippen molar-refractivity contribution in [3.63, 3.8) is 0 Å². The van der Waals surface area contributed by atoms with Crippen LogP contribution in [0.1, 0.15) is 20.8 Å². The van der Waals surface area contributed by atoms with E-state index < -0.39 is 0 Å². The van der Waals surface area contributed by atoms with Crippen LogP contribution in [0.15, 0.2) is 34.5 Å².